The van der Waals surface area contributed by atoms with Crippen molar-refractivity contribution in [3.8, 4) is 16.3 Å². The van der Waals surface area contributed by atoms with E-state index in [4.69, 9.17) is 16.3 Å². The first-order chi connectivity index (χ1) is 14.1. The molecular formula is C23H19ClN2O2S. The Balaban J connectivity index is 1.38. The summed E-state index contributed by atoms with van der Waals surface area (Å²) in [5, 5.41) is 6.50. The van der Waals surface area contributed by atoms with Gasteiger partial charge in [-0.25, -0.2) is 4.98 Å². The van der Waals surface area contributed by atoms with Gasteiger partial charge in [-0.15, -0.1) is 11.3 Å². The molecule has 1 heterocycles. The molecule has 0 atom stereocenters. The third-order valence-corrected chi connectivity index (χ3v) is 6.07. The Morgan fingerprint density at radius 3 is 2.69 bits per heavy atom. The molecule has 0 spiro atoms. The van der Waals surface area contributed by atoms with Gasteiger partial charge in [0.25, 0.3) is 5.91 Å². The first-order valence-electron chi connectivity index (χ1n) is 9.20. The molecule has 0 saturated heterocycles. The molecule has 0 bridgehead atoms. The highest BCUT2D eigenvalue weighted by Gasteiger charge is 2.13. The van der Waals surface area contributed by atoms with E-state index in [9.17, 15) is 4.79 Å². The Morgan fingerprint density at radius 1 is 1.07 bits per heavy atom. The van der Waals surface area contributed by atoms with Gasteiger partial charge in [-0.05, 0) is 24.4 Å². The number of halogens is 1. The zero-order valence-electron chi connectivity index (χ0n) is 15.8. The second-order valence-electron chi connectivity index (χ2n) is 6.55. The van der Waals surface area contributed by atoms with E-state index in [1.807, 2.05) is 73.7 Å². The van der Waals surface area contributed by atoms with Gasteiger partial charge in [-0.3, -0.25) is 4.79 Å². The topological polar surface area (TPSA) is 51.2 Å². The number of carbonyl (C=O) groups is 1. The summed E-state index contributed by atoms with van der Waals surface area (Å²) in [6.45, 7) is 2.31. The van der Waals surface area contributed by atoms with Gasteiger partial charge in [0.2, 0.25) is 0 Å². The predicted octanol–water partition coefficient (Wildman–Crippen LogP) is 5.62. The van der Waals surface area contributed by atoms with Crippen LogP contribution in [0, 0.1) is 6.92 Å². The number of aryl methyl sites for hydroxylation is 1. The van der Waals surface area contributed by atoms with Crippen LogP contribution in [0.2, 0.25) is 5.02 Å². The number of aromatic nitrogens is 1. The molecule has 4 rings (SSSR count). The third-order valence-electron chi connectivity index (χ3n) is 4.55. The molecule has 0 saturated carbocycles. The second-order valence-corrected chi connectivity index (χ2v) is 8.04. The lowest BCUT2D eigenvalue weighted by Crippen LogP contribution is -2.28. The second kappa shape index (κ2) is 8.64. The fourth-order valence-electron chi connectivity index (χ4n) is 3.04. The summed E-state index contributed by atoms with van der Waals surface area (Å²) >= 11 is 7.80. The number of hydrogen-bond acceptors (Lipinski definition) is 4. The molecule has 0 aliphatic carbocycles. The largest absolute Gasteiger partial charge is 0.483 e. The van der Waals surface area contributed by atoms with Crippen molar-refractivity contribution in [2.45, 2.75) is 13.5 Å². The van der Waals surface area contributed by atoms with E-state index < -0.39 is 0 Å². The molecule has 1 aromatic heterocycles. The van der Waals surface area contributed by atoms with Crippen LogP contribution in [0.15, 0.2) is 66.7 Å². The van der Waals surface area contributed by atoms with Gasteiger partial charge >= 0.3 is 0 Å². The summed E-state index contributed by atoms with van der Waals surface area (Å²) in [7, 11) is 0. The third kappa shape index (κ3) is 4.42. The number of benzene rings is 3. The molecule has 0 fully saturated rings. The van der Waals surface area contributed by atoms with Crippen LogP contribution in [-0.2, 0) is 11.3 Å². The zero-order chi connectivity index (χ0) is 20.2. The van der Waals surface area contributed by atoms with Gasteiger partial charge in [0.1, 0.15) is 10.8 Å². The van der Waals surface area contributed by atoms with E-state index in [1.165, 1.54) is 11.3 Å². The van der Waals surface area contributed by atoms with E-state index in [0.29, 0.717) is 17.3 Å². The lowest BCUT2D eigenvalue weighted by molar-refractivity contribution is -0.123. The molecule has 0 aliphatic heterocycles. The van der Waals surface area contributed by atoms with Crippen LogP contribution in [0.4, 0.5) is 0 Å². The van der Waals surface area contributed by atoms with Gasteiger partial charge in [0, 0.05) is 15.8 Å². The molecular weight excluding hydrogens is 404 g/mol. The number of thiazole rings is 1. The summed E-state index contributed by atoms with van der Waals surface area (Å²) in [5.41, 5.74) is 1.79. The standard InChI is InChI=1S/C23H19ClN2O2S/c1-15-21(29-23(26-15)18-10-4-5-11-19(18)24)13-25-22(27)14-28-20-12-6-8-16-7-2-3-9-17(16)20/h2-12H,13-14H2,1H3,(H,25,27). The van der Waals surface area contributed by atoms with Gasteiger partial charge < -0.3 is 10.1 Å². The summed E-state index contributed by atoms with van der Waals surface area (Å²) in [4.78, 5) is 17.9. The zero-order valence-corrected chi connectivity index (χ0v) is 17.4. The molecule has 4 nitrogen and oxygen atoms in total. The molecule has 6 heteroatoms. The van der Waals surface area contributed by atoms with Crippen LogP contribution in [0.25, 0.3) is 21.3 Å². The number of nitrogens with zero attached hydrogens (tertiary/aromatic N) is 1. The summed E-state index contributed by atoms with van der Waals surface area (Å²) < 4.78 is 5.75. The van der Waals surface area contributed by atoms with Crippen LogP contribution in [0.5, 0.6) is 5.75 Å². The predicted molar refractivity (Wildman–Crippen MR) is 119 cm³/mol. The van der Waals surface area contributed by atoms with Crippen LogP contribution in [0.1, 0.15) is 10.6 Å². The van der Waals surface area contributed by atoms with Crippen LogP contribution < -0.4 is 10.1 Å². The number of nitrogens with one attached hydrogen (secondary N) is 1. The average molecular weight is 423 g/mol. The summed E-state index contributed by atoms with van der Waals surface area (Å²) in [6, 6.07) is 21.4. The van der Waals surface area contributed by atoms with Crippen molar-refractivity contribution in [1.82, 2.24) is 10.3 Å². The van der Waals surface area contributed by atoms with Crippen molar-refractivity contribution in [2.24, 2.45) is 0 Å². The average Bonchev–Trinajstić information content (AvgIpc) is 3.11. The van der Waals surface area contributed by atoms with Gasteiger partial charge in [0.05, 0.1) is 17.3 Å². The van der Waals surface area contributed by atoms with E-state index in [2.05, 4.69) is 10.3 Å². The fraction of sp³-hybridized carbons (Fsp3) is 0.130. The molecule has 4 aromatic rings. The molecule has 29 heavy (non-hydrogen) atoms. The molecule has 146 valence electrons. The highest BCUT2D eigenvalue weighted by atomic mass is 35.5. The van der Waals surface area contributed by atoms with E-state index in [0.717, 1.165) is 31.9 Å². The summed E-state index contributed by atoms with van der Waals surface area (Å²) in [6.07, 6.45) is 0. The summed E-state index contributed by atoms with van der Waals surface area (Å²) in [5.74, 6) is 0.526. The van der Waals surface area contributed by atoms with Crippen molar-refractivity contribution in [3.63, 3.8) is 0 Å². The Labute approximate surface area is 178 Å². The van der Waals surface area contributed by atoms with Crippen molar-refractivity contribution in [2.75, 3.05) is 6.61 Å². The highest BCUT2D eigenvalue weighted by molar-refractivity contribution is 7.15. The Morgan fingerprint density at radius 2 is 1.83 bits per heavy atom. The number of ether oxygens (including phenoxy) is 1. The highest BCUT2D eigenvalue weighted by Crippen LogP contribution is 2.32. The van der Waals surface area contributed by atoms with Crippen LogP contribution >= 0.6 is 22.9 Å². The van der Waals surface area contributed by atoms with E-state index in [-0.39, 0.29) is 12.5 Å². The van der Waals surface area contributed by atoms with Crippen LogP contribution in [-0.4, -0.2) is 17.5 Å². The first kappa shape index (κ1) is 19.4. The molecule has 0 aliphatic rings. The van der Waals surface area contributed by atoms with Crippen molar-refractivity contribution in [3.05, 3.63) is 82.3 Å². The van der Waals surface area contributed by atoms with Crippen LogP contribution in [0.3, 0.4) is 0 Å². The maximum absolute atomic E-state index is 12.3. The molecule has 1 N–H and O–H groups in total. The maximum atomic E-state index is 12.3. The first-order valence-corrected chi connectivity index (χ1v) is 10.4. The minimum absolute atomic E-state index is 0.0385. The fourth-order valence-corrected chi connectivity index (χ4v) is 4.36. The molecule has 1 amide bonds. The van der Waals surface area contributed by atoms with Crippen molar-refractivity contribution in [1.29, 1.82) is 0 Å². The number of hydrogen-bond donors (Lipinski definition) is 1. The smallest absolute Gasteiger partial charge is 0.258 e. The SMILES string of the molecule is Cc1nc(-c2ccccc2Cl)sc1CNC(=O)COc1cccc2ccccc12. The number of fused-ring (bicyclic) bond motifs is 1. The normalized spacial score (nSPS) is 10.8. The number of amides is 1. The monoisotopic (exact) mass is 422 g/mol. The molecule has 0 unspecified atom stereocenters. The Kier molecular flexibility index (Phi) is 5.79. The van der Waals surface area contributed by atoms with Gasteiger partial charge in [0.15, 0.2) is 6.61 Å². The van der Waals surface area contributed by atoms with Gasteiger partial charge in [-0.1, -0.05) is 66.2 Å². The molecule has 3 aromatic carbocycles. The maximum Gasteiger partial charge on any atom is 0.258 e. The van der Waals surface area contributed by atoms with E-state index in [1.54, 1.807) is 0 Å². The number of carbonyl (C=O) groups excluding carboxylic acids is 1. The van der Waals surface area contributed by atoms with Crippen molar-refractivity contribution >= 4 is 39.6 Å². The van der Waals surface area contributed by atoms with Crippen molar-refractivity contribution < 1.29 is 9.53 Å². The Hall–Kier alpha value is -2.89. The van der Waals surface area contributed by atoms with E-state index >= 15 is 0 Å². The minimum Gasteiger partial charge on any atom is -0.483 e. The minimum atomic E-state index is -0.176. The molecule has 0 radical (unpaired) electrons. The number of rotatable bonds is 6. The Bertz CT molecular complexity index is 1170. The quantitative estimate of drug-likeness (QED) is 0.438. The lowest BCUT2D eigenvalue weighted by atomic mass is 10.1. The van der Waals surface area contributed by atoms with Gasteiger partial charge in [-0.2, -0.15) is 0 Å². The lowest BCUT2D eigenvalue weighted by Gasteiger charge is -2.09.